The number of nitrogens with one attached hydrogen (secondary N) is 2. The van der Waals surface area contributed by atoms with Crippen molar-refractivity contribution in [2.24, 2.45) is 0 Å². The van der Waals surface area contributed by atoms with Gasteiger partial charge in [0, 0.05) is 17.7 Å². The maximum Gasteiger partial charge on any atom is 0.171 e. The molecule has 0 radical (unpaired) electrons. The number of thiocarbonyl (C=S) groups is 1. The highest BCUT2D eigenvalue weighted by Gasteiger charge is 2.33. The molecule has 4 rings (SSSR count). The van der Waals surface area contributed by atoms with Crippen LogP contribution in [-0.4, -0.2) is 10.9 Å². The number of ether oxygens (including phenoxy) is 1. The van der Waals surface area contributed by atoms with Crippen molar-refractivity contribution in [2.45, 2.75) is 31.9 Å². The van der Waals surface area contributed by atoms with Gasteiger partial charge in [0.25, 0.3) is 0 Å². The fourth-order valence-electron chi connectivity index (χ4n) is 3.51. The number of hydrogen-bond acceptors (Lipinski definition) is 3. The molecule has 1 aliphatic carbocycles. The van der Waals surface area contributed by atoms with E-state index in [0.717, 1.165) is 41.0 Å². The maximum atomic E-state index is 12.5. The summed E-state index contributed by atoms with van der Waals surface area (Å²) in [5.74, 6) is 0.907. The molecule has 0 saturated heterocycles. The third-order valence-electron chi connectivity index (χ3n) is 4.89. The van der Waals surface area contributed by atoms with E-state index in [0.29, 0.717) is 28.2 Å². The van der Waals surface area contributed by atoms with E-state index in [2.05, 4.69) is 10.6 Å². The monoisotopic (exact) mass is 432 g/mol. The van der Waals surface area contributed by atoms with E-state index in [1.165, 1.54) is 0 Å². The van der Waals surface area contributed by atoms with Gasteiger partial charge in [-0.05, 0) is 60.5 Å². The predicted molar refractivity (Wildman–Crippen MR) is 115 cm³/mol. The van der Waals surface area contributed by atoms with Gasteiger partial charge in [0.15, 0.2) is 10.9 Å². The van der Waals surface area contributed by atoms with Crippen LogP contribution in [0.25, 0.3) is 0 Å². The smallest absolute Gasteiger partial charge is 0.171 e. The quantitative estimate of drug-likeness (QED) is 0.658. The third-order valence-corrected chi connectivity index (χ3v) is 5.85. The van der Waals surface area contributed by atoms with Gasteiger partial charge in [0.1, 0.15) is 12.4 Å². The molecule has 0 amide bonds. The number of rotatable bonds is 4. The Balaban J connectivity index is 1.50. The highest BCUT2D eigenvalue weighted by atomic mass is 35.5. The van der Waals surface area contributed by atoms with E-state index in [9.17, 15) is 4.79 Å². The molecular weight excluding hydrogens is 415 g/mol. The molecule has 1 heterocycles. The predicted octanol–water partition coefficient (Wildman–Crippen LogP) is 5.10. The van der Waals surface area contributed by atoms with Crippen LogP contribution < -0.4 is 15.4 Å². The van der Waals surface area contributed by atoms with Gasteiger partial charge >= 0.3 is 0 Å². The molecule has 2 aromatic rings. The Morgan fingerprint density at radius 2 is 1.86 bits per heavy atom. The molecule has 4 nitrogen and oxygen atoms in total. The Kier molecular flexibility index (Phi) is 5.58. The molecule has 2 N–H and O–H groups in total. The highest BCUT2D eigenvalue weighted by molar-refractivity contribution is 7.80. The summed E-state index contributed by atoms with van der Waals surface area (Å²) < 4.78 is 5.84. The molecule has 2 aliphatic rings. The molecule has 2 aromatic carbocycles. The van der Waals surface area contributed by atoms with Crippen molar-refractivity contribution >= 4 is 46.3 Å². The highest BCUT2D eigenvalue weighted by Crippen LogP contribution is 2.34. The number of halogens is 2. The van der Waals surface area contributed by atoms with Crippen molar-refractivity contribution in [3.8, 4) is 5.75 Å². The van der Waals surface area contributed by atoms with E-state index < -0.39 is 0 Å². The lowest BCUT2D eigenvalue weighted by atomic mass is 9.85. The summed E-state index contributed by atoms with van der Waals surface area (Å²) in [6.07, 6.45) is 2.29. The second kappa shape index (κ2) is 8.11. The Hall–Kier alpha value is -2.08. The summed E-state index contributed by atoms with van der Waals surface area (Å²) in [7, 11) is 0. The van der Waals surface area contributed by atoms with Gasteiger partial charge in [-0.25, -0.2) is 0 Å². The average Bonchev–Trinajstić information content (AvgIpc) is 2.69. The van der Waals surface area contributed by atoms with Crippen molar-refractivity contribution in [1.29, 1.82) is 0 Å². The first-order chi connectivity index (χ1) is 13.5. The maximum absolute atomic E-state index is 12.5. The van der Waals surface area contributed by atoms with Crippen LogP contribution in [0.1, 0.15) is 36.4 Å². The van der Waals surface area contributed by atoms with Crippen LogP contribution in [0.5, 0.6) is 5.75 Å². The van der Waals surface area contributed by atoms with E-state index >= 15 is 0 Å². The molecule has 1 aliphatic heterocycles. The van der Waals surface area contributed by atoms with Crippen molar-refractivity contribution in [3.05, 3.63) is 74.9 Å². The van der Waals surface area contributed by atoms with Gasteiger partial charge in [-0.15, -0.1) is 0 Å². The minimum atomic E-state index is -0.222. The lowest BCUT2D eigenvalue weighted by Crippen LogP contribution is -2.46. The number of Topliss-reactive ketones (excluding diaryl/α,β-unsaturated/α-hetero) is 1. The molecule has 28 heavy (non-hydrogen) atoms. The Morgan fingerprint density at radius 1 is 1.07 bits per heavy atom. The summed E-state index contributed by atoms with van der Waals surface area (Å²) in [5, 5.41) is 7.95. The second-order valence-corrected chi connectivity index (χ2v) is 8.03. The number of ketones is 1. The summed E-state index contributed by atoms with van der Waals surface area (Å²) in [6, 6.07) is 12.9. The largest absolute Gasteiger partial charge is 0.489 e. The van der Waals surface area contributed by atoms with Crippen LogP contribution in [0.4, 0.5) is 0 Å². The van der Waals surface area contributed by atoms with Crippen molar-refractivity contribution in [3.63, 3.8) is 0 Å². The van der Waals surface area contributed by atoms with Gasteiger partial charge in [-0.3, -0.25) is 4.79 Å². The zero-order valence-corrected chi connectivity index (χ0v) is 17.3. The first-order valence-corrected chi connectivity index (χ1v) is 10.2. The first-order valence-electron chi connectivity index (χ1n) is 9.02. The van der Waals surface area contributed by atoms with Crippen LogP contribution in [0.2, 0.25) is 10.0 Å². The number of allylic oxidation sites excluding steroid dienone is 1. The minimum Gasteiger partial charge on any atom is -0.489 e. The standard InChI is InChI=1S/C21H18Cl2N2O2S/c22-15-9-4-12(10-16(15)23)11-27-14-7-5-13(6-8-14)20-19-17(24-21(28)25-20)2-1-3-18(19)26/h4-10,20H,1-3,11H2,(H2,24,25,28). The number of carbonyl (C=O) groups is 1. The minimum absolute atomic E-state index is 0.175. The molecule has 0 bridgehead atoms. The fraction of sp³-hybridized carbons (Fsp3) is 0.238. The molecule has 0 fully saturated rings. The zero-order chi connectivity index (χ0) is 19.7. The van der Waals surface area contributed by atoms with Gasteiger partial charge in [0.05, 0.1) is 16.1 Å². The van der Waals surface area contributed by atoms with E-state index in [1.54, 1.807) is 12.1 Å². The van der Waals surface area contributed by atoms with Gasteiger partial charge in [0.2, 0.25) is 0 Å². The first kappa shape index (κ1) is 19.2. The second-order valence-electron chi connectivity index (χ2n) is 6.81. The fourth-order valence-corrected chi connectivity index (χ4v) is 4.07. The van der Waals surface area contributed by atoms with E-state index in [-0.39, 0.29) is 11.8 Å². The molecular formula is C21H18Cl2N2O2S. The van der Waals surface area contributed by atoms with Gasteiger partial charge in [-0.2, -0.15) is 0 Å². The average molecular weight is 433 g/mol. The lowest BCUT2D eigenvalue weighted by Gasteiger charge is -2.33. The number of benzene rings is 2. The van der Waals surface area contributed by atoms with Gasteiger partial charge in [-0.1, -0.05) is 41.4 Å². The normalized spacial score (nSPS) is 19.0. The number of hydrogen-bond donors (Lipinski definition) is 2. The Bertz CT molecular complexity index is 973. The van der Waals surface area contributed by atoms with Crippen molar-refractivity contribution in [2.75, 3.05) is 0 Å². The van der Waals surface area contributed by atoms with Crippen molar-refractivity contribution in [1.82, 2.24) is 10.6 Å². The van der Waals surface area contributed by atoms with Crippen LogP contribution in [0.15, 0.2) is 53.7 Å². The lowest BCUT2D eigenvalue weighted by molar-refractivity contribution is -0.116. The Morgan fingerprint density at radius 3 is 2.61 bits per heavy atom. The summed E-state index contributed by atoms with van der Waals surface area (Å²) in [6.45, 7) is 0.389. The molecule has 0 aromatic heterocycles. The van der Waals surface area contributed by atoms with E-state index in [4.69, 9.17) is 40.2 Å². The molecule has 0 saturated carbocycles. The SMILES string of the molecule is O=C1CCCC2=C1C(c1ccc(OCc3ccc(Cl)c(Cl)c3)cc1)NC(=S)N2. The summed E-state index contributed by atoms with van der Waals surface area (Å²) in [5.41, 5.74) is 3.66. The van der Waals surface area contributed by atoms with Crippen LogP contribution in [-0.2, 0) is 11.4 Å². The van der Waals surface area contributed by atoms with Gasteiger partial charge < -0.3 is 15.4 Å². The molecule has 1 unspecified atom stereocenters. The van der Waals surface area contributed by atoms with E-state index in [1.807, 2.05) is 30.3 Å². The topological polar surface area (TPSA) is 50.4 Å². The van der Waals surface area contributed by atoms with Crippen LogP contribution >= 0.6 is 35.4 Å². The van der Waals surface area contributed by atoms with Crippen molar-refractivity contribution < 1.29 is 9.53 Å². The molecule has 1 atom stereocenters. The molecule has 0 spiro atoms. The number of carbonyl (C=O) groups excluding carboxylic acids is 1. The molecule has 7 heteroatoms. The zero-order valence-electron chi connectivity index (χ0n) is 14.9. The Labute approximate surface area is 178 Å². The summed E-state index contributed by atoms with van der Waals surface area (Å²) in [4.78, 5) is 12.5. The summed E-state index contributed by atoms with van der Waals surface area (Å²) >= 11 is 17.3. The van der Waals surface area contributed by atoms with Crippen LogP contribution in [0, 0.1) is 0 Å². The molecule has 144 valence electrons. The van der Waals surface area contributed by atoms with Crippen LogP contribution in [0.3, 0.4) is 0 Å². The third kappa shape index (κ3) is 4.02.